The minimum Gasteiger partial charge on any atom is -0.345 e. The first-order chi connectivity index (χ1) is 8.58. The van der Waals surface area contributed by atoms with Crippen LogP contribution in [0, 0.1) is 13.8 Å². The Bertz CT molecular complexity index is 546. The molecule has 2 aromatic rings. The highest BCUT2D eigenvalue weighted by Crippen LogP contribution is 2.19. The zero-order chi connectivity index (χ0) is 13.1. The van der Waals surface area contributed by atoms with Gasteiger partial charge < -0.3 is 5.32 Å². The molecule has 2 nitrogen and oxygen atoms in total. The van der Waals surface area contributed by atoms with Crippen molar-refractivity contribution in [1.82, 2.24) is 5.32 Å². The van der Waals surface area contributed by atoms with Crippen LogP contribution in [-0.2, 0) is 0 Å². The van der Waals surface area contributed by atoms with Gasteiger partial charge in [0.1, 0.15) is 0 Å². The van der Waals surface area contributed by atoms with Crippen LogP contribution in [0.15, 0.2) is 35.7 Å². The number of nitrogens with one attached hydrogen (secondary N) is 1. The van der Waals surface area contributed by atoms with Gasteiger partial charge in [0.15, 0.2) is 0 Å². The van der Waals surface area contributed by atoms with E-state index in [0.717, 1.165) is 11.1 Å². The predicted octanol–water partition coefficient (Wildman–Crippen LogP) is 3.86. The van der Waals surface area contributed by atoms with Crippen LogP contribution in [0.3, 0.4) is 0 Å². The average molecular weight is 259 g/mol. The van der Waals surface area contributed by atoms with Crippen LogP contribution in [0.4, 0.5) is 0 Å². The molecule has 0 aliphatic rings. The molecule has 1 heterocycles. The molecule has 94 valence electrons. The zero-order valence-corrected chi connectivity index (χ0v) is 11.7. The Morgan fingerprint density at radius 3 is 2.61 bits per heavy atom. The summed E-state index contributed by atoms with van der Waals surface area (Å²) in [5, 5.41) is 5.04. The van der Waals surface area contributed by atoms with Crippen molar-refractivity contribution in [2.45, 2.75) is 26.8 Å². The summed E-state index contributed by atoms with van der Waals surface area (Å²) < 4.78 is 0. The minimum absolute atomic E-state index is 0.0148. The fourth-order valence-corrected chi connectivity index (χ4v) is 2.51. The summed E-state index contributed by atoms with van der Waals surface area (Å²) in [4.78, 5) is 13.3. The van der Waals surface area contributed by atoms with Gasteiger partial charge in [0.2, 0.25) is 0 Å². The molecule has 0 radical (unpaired) electrons. The maximum Gasteiger partial charge on any atom is 0.251 e. The highest BCUT2D eigenvalue weighted by Gasteiger charge is 2.12. The quantitative estimate of drug-likeness (QED) is 0.891. The summed E-state index contributed by atoms with van der Waals surface area (Å²) in [6.07, 6.45) is 0. The third-order valence-corrected chi connectivity index (χ3v) is 4.14. The fourth-order valence-electron chi connectivity index (χ4n) is 1.77. The number of thiophene rings is 1. The van der Waals surface area contributed by atoms with Gasteiger partial charge >= 0.3 is 0 Å². The van der Waals surface area contributed by atoms with Crippen LogP contribution in [0.25, 0.3) is 0 Å². The number of carbonyl (C=O) groups is 1. The normalized spacial score (nSPS) is 12.2. The first kappa shape index (κ1) is 12.8. The van der Waals surface area contributed by atoms with Gasteiger partial charge in [-0.1, -0.05) is 12.1 Å². The van der Waals surface area contributed by atoms with E-state index in [4.69, 9.17) is 0 Å². The molecule has 1 aromatic heterocycles. The van der Waals surface area contributed by atoms with Crippen LogP contribution >= 0.6 is 11.3 Å². The van der Waals surface area contributed by atoms with Crippen molar-refractivity contribution in [3.05, 3.63) is 57.3 Å². The van der Waals surface area contributed by atoms with E-state index in [1.807, 2.05) is 56.5 Å². The molecule has 0 saturated heterocycles. The standard InChI is InChI=1S/C15H17NOS/c1-10-6-7-13(9-11(10)2)15(17)16-12(3)14-5-4-8-18-14/h4-9,12H,1-3H3,(H,16,17). The first-order valence-corrected chi connectivity index (χ1v) is 6.87. The molecule has 0 fully saturated rings. The second-order valence-corrected chi connectivity index (χ2v) is 5.49. The van der Waals surface area contributed by atoms with Crippen LogP contribution in [0.2, 0.25) is 0 Å². The van der Waals surface area contributed by atoms with E-state index < -0.39 is 0 Å². The SMILES string of the molecule is Cc1ccc(C(=O)NC(C)c2cccs2)cc1C. The fraction of sp³-hybridized carbons (Fsp3) is 0.267. The van der Waals surface area contributed by atoms with E-state index >= 15 is 0 Å². The van der Waals surface area contributed by atoms with Crippen molar-refractivity contribution >= 4 is 17.2 Å². The molecule has 2 rings (SSSR count). The van der Waals surface area contributed by atoms with E-state index in [-0.39, 0.29) is 11.9 Å². The summed E-state index contributed by atoms with van der Waals surface area (Å²) in [7, 11) is 0. The maximum atomic E-state index is 12.1. The molecular weight excluding hydrogens is 242 g/mol. The van der Waals surface area contributed by atoms with Gasteiger partial charge in [0.25, 0.3) is 5.91 Å². The Morgan fingerprint density at radius 2 is 2.00 bits per heavy atom. The third kappa shape index (κ3) is 2.79. The second kappa shape index (κ2) is 5.36. The van der Waals surface area contributed by atoms with Crippen LogP contribution in [0.5, 0.6) is 0 Å². The van der Waals surface area contributed by atoms with Crippen LogP contribution in [0.1, 0.15) is 39.3 Å². The summed E-state index contributed by atoms with van der Waals surface area (Å²) in [6, 6.07) is 9.89. The largest absolute Gasteiger partial charge is 0.345 e. The summed E-state index contributed by atoms with van der Waals surface area (Å²) in [5.74, 6) is -0.0148. The molecule has 18 heavy (non-hydrogen) atoms. The summed E-state index contributed by atoms with van der Waals surface area (Å²) in [5.41, 5.74) is 3.07. The molecule has 1 aromatic carbocycles. The number of amides is 1. The van der Waals surface area contributed by atoms with Gasteiger partial charge in [-0.05, 0) is 55.5 Å². The van der Waals surface area contributed by atoms with Crippen LogP contribution in [-0.4, -0.2) is 5.91 Å². The Kier molecular flexibility index (Phi) is 3.82. The Morgan fingerprint density at radius 1 is 1.22 bits per heavy atom. The minimum atomic E-state index is -0.0148. The van der Waals surface area contributed by atoms with Gasteiger partial charge in [0.05, 0.1) is 6.04 Å². The van der Waals surface area contributed by atoms with Crippen molar-refractivity contribution < 1.29 is 4.79 Å². The third-order valence-electron chi connectivity index (χ3n) is 3.09. The number of aryl methyl sites for hydroxylation is 2. The lowest BCUT2D eigenvalue weighted by Gasteiger charge is -2.13. The van der Waals surface area contributed by atoms with Crippen molar-refractivity contribution in [3.8, 4) is 0 Å². The van der Waals surface area contributed by atoms with E-state index in [1.165, 1.54) is 10.4 Å². The number of carbonyl (C=O) groups excluding carboxylic acids is 1. The molecule has 0 aliphatic heterocycles. The highest BCUT2D eigenvalue weighted by atomic mass is 32.1. The lowest BCUT2D eigenvalue weighted by Crippen LogP contribution is -2.26. The lowest BCUT2D eigenvalue weighted by atomic mass is 10.1. The molecule has 1 amide bonds. The number of hydrogen-bond acceptors (Lipinski definition) is 2. The van der Waals surface area contributed by atoms with E-state index in [0.29, 0.717) is 0 Å². The first-order valence-electron chi connectivity index (χ1n) is 5.99. The smallest absolute Gasteiger partial charge is 0.251 e. The van der Waals surface area contributed by atoms with Crippen molar-refractivity contribution in [3.63, 3.8) is 0 Å². The monoisotopic (exact) mass is 259 g/mol. The molecular formula is C15H17NOS. The lowest BCUT2D eigenvalue weighted by molar-refractivity contribution is 0.0940. The molecule has 1 unspecified atom stereocenters. The van der Waals surface area contributed by atoms with Gasteiger partial charge in [-0.15, -0.1) is 11.3 Å². The van der Waals surface area contributed by atoms with E-state index in [1.54, 1.807) is 11.3 Å². The summed E-state index contributed by atoms with van der Waals surface area (Å²) >= 11 is 1.66. The van der Waals surface area contributed by atoms with Crippen molar-refractivity contribution in [2.24, 2.45) is 0 Å². The Hall–Kier alpha value is -1.61. The molecule has 0 bridgehead atoms. The number of rotatable bonds is 3. The van der Waals surface area contributed by atoms with Crippen molar-refractivity contribution in [2.75, 3.05) is 0 Å². The molecule has 1 atom stereocenters. The average Bonchev–Trinajstić information content (AvgIpc) is 2.86. The van der Waals surface area contributed by atoms with E-state index in [2.05, 4.69) is 5.32 Å². The molecule has 0 aliphatic carbocycles. The predicted molar refractivity (Wildman–Crippen MR) is 76.1 cm³/mol. The molecule has 0 saturated carbocycles. The van der Waals surface area contributed by atoms with Gasteiger partial charge in [-0.3, -0.25) is 4.79 Å². The number of hydrogen-bond donors (Lipinski definition) is 1. The highest BCUT2D eigenvalue weighted by molar-refractivity contribution is 7.10. The second-order valence-electron chi connectivity index (χ2n) is 4.51. The van der Waals surface area contributed by atoms with Crippen molar-refractivity contribution in [1.29, 1.82) is 0 Å². The van der Waals surface area contributed by atoms with Crippen LogP contribution < -0.4 is 5.32 Å². The van der Waals surface area contributed by atoms with Gasteiger partial charge in [-0.25, -0.2) is 0 Å². The molecule has 0 spiro atoms. The molecule has 3 heteroatoms. The Labute approximate surface area is 112 Å². The molecule has 1 N–H and O–H groups in total. The van der Waals surface area contributed by atoms with Gasteiger partial charge in [-0.2, -0.15) is 0 Å². The number of benzene rings is 1. The topological polar surface area (TPSA) is 29.1 Å². The summed E-state index contributed by atoms with van der Waals surface area (Å²) in [6.45, 7) is 6.07. The maximum absolute atomic E-state index is 12.1. The Balaban J connectivity index is 2.10. The zero-order valence-electron chi connectivity index (χ0n) is 10.9. The van der Waals surface area contributed by atoms with Gasteiger partial charge in [0, 0.05) is 10.4 Å². The van der Waals surface area contributed by atoms with E-state index in [9.17, 15) is 4.79 Å².